The predicted octanol–water partition coefficient (Wildman–Crippen LogP) is 3.45. The Bertz CT molecular complexity index is 764. The first-order valence-electron chi connectivity index (χ1n) is 7.82. The van der Waals surface area contributed by atoms with Gasteiger partial charge in [0.05, 0.1) is 24.2 Å². The van der Waals surface area contributed by atoms with Crippen molar-refractivity contribution in [1.82, 2.24) is 20.1 Å². The fourth-order valence-electron chi connectivity index (χ4n) is 2.49. The Kier molecular flexibility index (Phi) is 5.42. The van der Waals surface area contributed by atoms with Crippen LogP contribution < -0.4 is 5.32 Å². The van der Waals surface area contributed by atoms with E-state index in [1.165, 1.54) is 5.56 Å². The number of thiophene rings is 1. The molecule has 0 aromatic carbocycles. The number of carbonyl (C=O) groups is 1. The van der Waals surface area contributed by atoms with E-state index in [1.807, 2.05) is 36.2 Å². The van der Waals surface area contributed by atoms with Crippen molar-refractivity contribution in [1.29, 1.82) is 0 Å². The van der Waals surface area contributed by atoms with Gasteiger partial charge in [0, 0.05) is 24.2 Å². The summed E-state index contributed by atoms with van der Waals surface area (Å²) in [6, 6.07) is 3.95. The van der Waals surface area contributed by atoms with Gasteiger partial charge in [-0.15, -0.1) is 11.3 Å². The first kappa shape index (κ1) is 16.9. The fourth-order valence-corrected chi connectivity index (χ4v) is 3.86. The molecule has 0 bridgehead atoms. The van der Waals surface area contributed by atoms with Crippen LogP contribution in [0.5, 0.6) is 0 Å². The van der Waals surface area contributed by atoms with E-state index >= 15 is 0 Å². The molecule has 7 heteroatoms. The summed E-state index contributed by atoms with van der Waals surface area (Å²) in [5.74, 6) is -0.132. The highest BCUT2D eigenvalue weighted by Crippen LogP contribution is 2.22. The van der Waals surface area contributed by atoms with Crippen molar-refractivity contribution >= 4 is 28.6 Å². The Morgan fingerprint density at radius 2 is 2.25 bits per heavy atom. The van der Waals surface area contributed by atoms with Crippen molar-refractivity contribution in [3.63, 3.8) is 0 Å². The van der Waals surface area contributed by atoms with Crippen molar-refractivity contribution in [2.75, 3.05) is 0 Å². The smallest absolute Gasteiger partial charge is 0.225 e. The number of aryl methyl sites for hydroxylation is 1. The molecule has 2 atom stereocenters. The molecule has 3 aromatic heterocycles. The molecule has 0 aliphatic heterocycles. The molecule has 3 heterocycles. The van der Waals surface area contributed by atoms with Gasteiger partial charge in [-0.25, -0.2) is 4.98 Å². The Labute approximate surface area is 149 Å². The van der Waals surface area contributed by atoms with Gasteiger partial charge in [0.2, 0.25) is 5.91 Å². The van der Waals surface area contributed by atoms with E-state index in [9.17, 15) is 4.79 Å². The predicted molar refractivity (Wildman–Crippen MR) is 97.1 cm³/mol. The molecule has 0 aliphatic rings. The minimum atomic E-state index is -0.158. The Balaban J connectivity index is 1.66. The summed E-state index contributed by atoms with van der Waals surface area (Å²) in [6.07, 6.45) is 4.45. The highest BCUT2D eigenvalue weighted by Gasteiger charge is 2.21. The van der Waals surface area contributed by atoms with Gasteiger partial charge < -0.3 is 5.32 Å². The molecule has 0 saturated heterocycles. The van der Waals surface area contributed by atoms with Crippen LogP contribution in [0.1, 0.15) is 29.2 Å². The first-order chi connectivity index (χ1) is 11.6. The fraction of sp³-hybridized carbons (Fsp3) is 0.353. The van der Waals surface area contributed by atoms with Gasteiger partial charge in [-0.3, -0.25) is 9.48 Å². The highest BCUT2D eigenvalue weighted by molar-refractivity contribution is 7.09. The lowest BCUT2D eigenvalue weighted by molar-refractivity contribution is -0.125. The number of hydrogen-bond acceptors (Lipinski definition) is 5. The Morgan fingerprint density at radius 3 is 2.88 bits per heavy atom. The van der Waals surface area contributed by atoms with Crippen LogP contribution in [0.25, 0.3) is 0 Å². The van der Waals surface area contributed by atoms with E-state index in [4.69, 9.17) is 0 Å². The summed E-state index contributed by atoms with van der Waals surface area (Å²) in [4.78, 5) is 17.0. The zero-order valence-electron chi connectivity index (χ0n) is 13.7. The second-order valence-corrected chi connectivity index (χ2v) is 7.55. The molecule has 0 aliphatic carbocycles. The van der Waals surface area contributed by atoms with Crippen molar-refractivity contribution < 1.29 is 4.79 Å². The first-order valence-corrected chi connectivity index (χ1v) is 9.65. The van der Waals surface area contributed by atoms with E-state index in [1.54, 1.807) is 28.9 Å². The van der Waals surface area contributed by atoms with E-state index in [0.717, 1.165) is 17.1 Å². The van der Waals surface area contributed by atoms with Crippen LogP contribution in [-0.2, 0) is 17.8 Å². The molecule has 126 valence electrons. The molecule has 0 radical (unpaired) electrons. The maximum Gasteiger partial charge on any atom is 0.225 e. The summed E-state index contributed by atoms with van der Waals surface area (Å²) in [6.45, 7) is 4.44. The molecule has 3 rings (SSSR count). The van der Waals surface area contributed by atoms with Crippen LogP contribution in [0.2, 0.25) is 0 Å². The second kappa shape index (κ2) is 7.72. The third kappa shape index (κ3) is 4.30. The average molecular weight is 361 g/mol. The quantitative estimate of drug-likeness (QED) is 0.702. The number of nitrogens with zero attached hydrogens (tertiary/aromatic N) is 3. The van der Waals surface area contributed by atoms with Crippen molar-refractivity contribution in [2.24, 2.45) is 5.92 Å². The van der Waals surface area contributed by atoms with Gasteiger partial charge >= 0.3 is 0 Å². The lowest BCUT2D eigenvalue weighted by Crippen LogP contribution is -2.35. The summed E-state index contributed by atoms with van der Waals surface area (Å²) in [7, 11) is 0. The van der Waals surface area contributed by atoms with Crippen molar-refractivity contribution in [2.45, 2.75) is 32.9 Å². The molecule has 24 heavy (non-hydrogen) atoms. The molecule has 1 N–H and O–H groups in total. The number of aromatic nitrogens is 3. The Morgan fingerprint density at radius 1 is 1.38 bits per heavy atom. The summed E-state index contributed by atoms with van der Waals surface area (Å²) >= 11 is 3.24. The second-order valence-electron chi connectivity index (χ2n) is 5.85. The number of amides is 1. The largest absolute Gasteiger partial charge is 0.346 e. The lowest BCUT2D eigenvalue weighted by atomic mass is 10.1. The molecule has 0 fully saturated rings. The number of thiazole rings is 1. The van der Waals surface area contributed by atoms with Gasteiger partial charge in [-0.1, -0.05) is 6.92 Å². The van der Waals surface area contributed by atoms with Crippen LogP contribution >= 0.6 is 22.7 Å². The summed E-state index contributed by atoms with van der Waals surface area (Å²) in [5, 5.41) is 14.6. The number of rotatable bonds is 7. The molecule has 3 aromatic rings. The average Bonchev–Trinajstić information content (AvgIpc) is 3.28. The minimum absolute atomic E-state index is 0.0265. The summed E-state index contributed by atoms with van der Waals surface area (Å²) in [5.41, 5.74) is 2.18. The third-order valence-electron chi connectivity index (χ3n) is 3.77. The van der Waals surface area contributed by atoms with Crippen molar-refractivity contribution in [3.05, 3.63) is 56.9 Å². The molecule has 0 spiro atoms. The SMILES string of the molecule is Cc1ccn(C[C@@H](C)C(=O)N[C@@H](Cc2ccsc2)c2nccs2)n1. The topological polar surface area (TPSA) is 59.8 Å². The van der Waals surface area contributed by atoms with Crippen LogP contribution in [0, 0.1) is 12.8 Å². The van der Waals surface area contributed by atoms with E-state index in [2.05, 4.69) is 32.2 Å². The van der Waals surface area contributed by atoms with Gasteiger partial charge in [0.15, 0.2) is 0 Å². The summed E-state index contributed by atoms with van der Waals surface area (Å²) < 4.78 is 1.82. The molecule has 0 saturated carbocycles. The maximum atomic E-state index is 12.6. The monoisotopic (exact) mass is 360 g/mol. The lowest BCUT2D eigenvalue weighted by Gasteiger charge is -2.19. The molecular weight excluding hydrogens is 340 g/mol. The van der Waals surface area contributed by atoms with Gasteiger partial charge in [-0.2, -0.15) is 16.4 Å². The third-order valence-corrected chi connectivity index (χ3v) is 5.39. The number of hydrogen-bond donors (Lipinski definition) is 1. The minimum Gasteiger partial charge on any atom is -0.346 e. The normalized spacial score (nSPS) is 13.6. The Hall–Kier alpha value is -1.99. The van der Waals surface area contributed by atoms with Crippen LogP contribution in [0.4, 0.5) is 0 Å². The molecule has 5 nitrogen and oxygen atoms in total. The van der Waals surface area contributed by atoms with Crippen LogP contribution in [0.15, 0.2) is 40.7 Å². The van der Waals surface area contributed by atoms with Gasteiger partial charge in [-0.05, 0) is 35.4 Å². The van der Waals surface area contributed by atoms with E-state index < -0.39 is 0 Å². The number of carbonyl (C=O) groups excluding carboxylic acids is 1. The van der Waals surface area contributed by atoms with Crippen LogP contribution in [0.3, 0.4) is 0 Å². The number of nitrogens with one attached hydrogen (secondary N) is 1. The maximum absolute atomic E-state index is 12.6. The van der Waals surface area contributed by atoms with E-state index in [-0.39, 0.29) is 17.9 Å². The molecule has 1 amide bonds. The van der Waals surface area contributed by atoms with Gasteiger partial charge in [0.25, 0.3) is 0 Å². The standard InChI is InChI=1S/C17H20N4OS2/c1-12(10-21-6-3-13(2)20-21)16(22)19-15(17-18-5-8-24-17)9-14-4-7-23-11-14/h3-8,11-12,15H,9-10H2,1-2H3,(H,19,22)/t12-,15+/m1/s1. The highest BCUT2D eigenvalue weighted by atomic mass is 32.1. The zero-order chi connectivity index (χ0) is 16.9. The zero-order valence-corrected chi connectivity index (χ0v) is 15.3. The molecule has 0 unspecified atom stereocenters. The molecular formula is C17H20N4OS2. The van der Waals surface area contributed by atoms with Crippen molar-refractivity contribution in [3.8, 4) is 0 Å². The van der Waals surface area contributed by atoms with Gasteiger partial charge in [0.1, 0.15) is 5.01 Å². The van der Waals surface area contributed by atoms with Crippen LogP contribution in [-0.4, -0.2) is 20.7 Å². The van der Waals surface area contributed by atoms with E-state index in [0.29, 0.717) is 6.54 Å².